The van der Waals surface area contributed by atoms with Gasteiger partial charge in [0.25, 0.3) is 5.91 Å². The smallest absolute Gasteiger partial charge is 0.305 e. The quantitative estimate of drug-likeness (QED) is 0.548. The maximum atomic E-state index is 12.0. The Morgan fingerprint density at radius 2 is 1.96 bits per heavy atom. The average Bonchev–Trinajstić information content (AvgIpc) is 3.09. The van der Waals surface area contributed by atoms with E-state index in [9.17, 15) is 9.59 Å². The normalized spacial score (nSPS) is 9.84. The number of halogens is 1. The standard InChI is InChI=1S/C17H20N2O5.ClH/c1-22-16(20)3-2-8-23-14-6-4-13(5-7-14)19-17(21)12-9-15(10-18)24-11-12;/h4-7,9,11H,2-3,8,10,18H2,1H3,(H,19,21);1H. The molecule has 0 saturated carbocycles. The first-order valence-corrected chi connectivity index (χ1v) is 7.51. The van der Waals surface area contributed by atoms with Gasteiger partial charge in [-0.15, -0.1) is 12.4 Å². The van der Waals surface area contributed by atoms with Crippen molar-refractivity contribution in [1.82, 2.24) is 0 Å². The van der Waals surface area contributed by atoms with E-state index in [1.54, 1.807) is 30.3 Å². The molecule has 7 nitrogen and oxygen atoms in total. The van der Waals surface area contributed by atoms with Crippen LogP contribution in [0, 0.1) is 0 Å². The Hall–Kier alpha value is -2.51. The Labute approximate surface area is 151 Å². The van der Waals surface area contributed by atoms with E-state index in [2.05, 4.69) is 10.1 Å². The number of carbonyl (C=O) groups excluding carboxylic acids is 2. The van der Waals surface area contributed by atoms with E-state index >= 15 is 0 Å². The van der Waals surface area contributed by atoms with Crippen molar-refractivity contribution < 1.29 is 23.5 Å². The molecule has 2 rings (SSSR count). The van der Waals surface area contributed by atoms with E-state index in [1.807, 2.05) is 0 Å². The first kappa shape index (κ1) is 20.5. The molecular weight excluding hydrogens is 348 g/mol. The van der Waals surface area contributed by atoms with Gasteiger partial charge in [-0.3, -0.25) is 9.59 Å². The number of anilines is 1. The third-order valence-electron chi connectivity index (χ3n) is 3.25. The number of nitrogens with one attached hydrogen (secondary N) is 1. The number of rotatable bonds is 8. The van der Waals surface area contributed by atoms with Gasteiger partial charge in [0, 0.05) is 12.1 Å². The average molecular weight is 369 g/mol. The Balaban J connectivity index is 0.00000312. The molecule has 0 aliphatic carbocycles. The molecule has 0 aliphatic heterocycles. The van der Waals surface area contributed by atoms with E-state index in [4.69, 9.17) is 14.9 Å². The van der Waals surface area contributed by atoms with Crippen LogP contribution in [0.2, 0.25) is 0 Å². The summed E-state index contributed by atoms with van der Waals surface area (Å²) in [5.41, 5.74) is 6.49. The number of carbonyl (C=O) groups is 2. The molecule has 25 heavy (non-hydrogen) atoms. The highest BCUT2D eigenvalue weighted by atomic mass is 35.5. The van der Waals surface area contributed by atoms with Crippen molar-refractivity contribution >= 4 is 30.0 Å². The lowest BCUT2D eigenvalue weighted by atomic mass is 10.2. The SMILES string of the molecule is COC(=O)CCCOc1ccc(NC(=O)c2coc(CN)c2)cc1.Cl. The van der Waals surface area contributed by atoms with Crippen LogP contribution in [0.1, 0.15) is 29.0 Å². The number of hydrogen-bond acceptors (Lipinski definition) is 6. The van der Waals surface area contributed by atoms with Gasteiger partial charge < -0.3 is 24.9 Å². The molecule has 136 valence electrons. The maximum absolute atomic E-state index is 12.0. The van der Waals surface area contributed by atoms with E-state index in [1.165, 1.54) is 13.4 Å². The molecule has 8 heteroatoms. The fourth-order valence-corrected chi connectivity index (χ4v) is 1.95. The summed E-state index contributed by atoms with van der Waals surface area (Å²) in [6.45, 7) is 0.660. The van der Waals surface area contributed by atoms with Crippen LogP contribution in [-0.4, -0.2) is 25.6 Å². The number of nitrogens with two attached hydrogens (primary N) is 1. The molecule has 1 aromatic carbocycles. The summed E-state index contributed by atoms with van der Waals surface area (Å²) >= 11 is 0. The van der Waals surface area contributed by atoms with Crippen LogP contribution in [0.3, 0.4) is 0 Å². The zero-order valence-electron chi connectivity index (χ0n) is 13.8. The first-order valence-electron chi connectivity index (χ1n) is 7.51. The topological polar surface area (TPSA) is 104 Å². The molecule has 0 radical (unpaired) electrons. The summed E-state index contributed by atoms with van der Waals surface area (Å²) in [7, 11) is 1.36. The van der Waals surface area contributed by atoms with Crippen molar-refractivity contribution in [1.29, 1.82) is 0 Å². The van der Waals surface area contributed by atoms with Crippen molar-refractivity contribution in [3.05, 3.63) is 47.9 Å². The molecule has 2 aromatic rings. The summed E-state index contributed by atoms with van der Waals surface area (Å²) in [5.74, 6) is 0.682. The molecule has 1 heterocycles. The lowest BCUT2D eigenvalue weighted by Gasteiger charge is -2.07. The summed E-state index contributed by atoms with van der Waals surface area (Å²) in [6, 6.07) is 8.56. The van der Waals surface area contributed by atoms with E-state index < -0.39 is 0 Å². The van der Waals surface area contributed by atoms with Gasteiger partial charge in [-0.2, -0.15) is 0 Å². The Kier molecular flexibility index (Phi) is 8.52. The minimum Gasteiger partial charge on any atom is -0.494 e. The molecule has 0 saturated heterocycles. The van der Waals surface area contributed by atoms with Gasteiger partial charge >= 0.3 is 5.97 Å². The molecule has 0 unspecified atom stereocenters. The van der Waals surface area contributed by atoms with Crippen LogP contribution in [0.4, 0.5) is 5.69 Å². The van der Waals surface area contributed by atoms with Crippen LogP contribution in [-0.2, 0) is 16.1 Å². The van der Waals surface area contributed by atoms with Crippen molar-refractivity contribution in [2.24, 2.45) is 5.73 Å². The van der Waals surface area contributed by atoms with Crippen LogP contribution in [0.5, 0.6) is 5.75 Å². The van der Waals surface area contributed by atoms with Crippen LogP contribution >= 0.6 is 12.4 Å². The first-order chi connectivity index (χ1) is 11.6. The third kappa shape index (κ3) is 6.48. The van der Waals surface area contributed by atoms with Gasteiger partial charge in [0.1, 0.15) is 17.8 Å². The van der Waals surface area contributed by atoms with Crippen molar-refractivity contribution in [2.45, 2.75) is 19.4 Å². The van der Waals surface area contributed by atoms with Crippen molar-refractivity contribution in [3.8, 4) is 5.75 Å². The predicted octanol–water partition coefficient (Wildman–Crippen LogP) is 2.74. The number of furan rings is 1. The second kappa shape index (κ2) is 10.4. The largest absolute Gasteiger partial charge is 0.494 e. The van der Waals surface area contributed by atoms with E-state index in [-0.39, 0.29) is 30.8 Å². The van der Waals surface area contributed by atoms with Crippen LogP contribution < -0.4 is 15.8 Å². The number of benzene rings is 1. The second-order valence-electron chi connectivity index (χ2n) is 5.01. The van der Waals surface area contributed by atoms with Crippen LogP contribution in [0.25, 0.3) is 0 Å². The van der Waals surface area contributed by atoms with Gasteiger partial charge in [0.15, 0.2) is 0 Å². The fraction of sp³-hybridized carbons (Fsp3) is 0.294. The highest BCUT2D eigenvalue weighted by molar-refractivity contribution is 6.04. The Bertz CT molecular complexity index is 685. The number of hydrogen-bond donors (Lipinski definition) is 2. The minimum absolute atomic E-state index is 0. The zero-order valence-corrected chi connectivity index (χ0v) is 14.6. The second-order valence-corrected chi connectivity index (χ2v) is 5.01. The number of ether oxygens (including phenoxy) is 2. The Morgan fingerprint density at radius 3 is 2.56 bits per heavy atom. The van der Waals surface area contributed by atoms with Crippen molar-refractivity contribution in [3.63, 3.8) is 0 Å². The molecule has 0 spiro atoms. The minimum atomic E-state index is -0.273. The van der Waals surface area contributed by atoms with E-state index in [0.717, 1.165) is 0 Å². The lowest BCUT2D eigenvalue weighted by Crippen LogP contribution is -2.11. The third-order valence-corrected chi connectivity index (χ3v) is 3.25. The predicted molar refractivity (Wildman–Crippen MR) is 95.0 cm³/mol. The summed E-state index contributed by atoms with van der Waals surface area (Å²) < 4.78 is 15.2. The lowest BCUT2D eigenvalue weighted by molar-refractivity contribution is -0.140. The van der Waals surface area contributed by atoms with Gasteiger partial charge in [0.05, 0.1) is 25.8 Å². The molecule has 0 atom stereocenters. The summed E-state index contributed by atoms with van der Waals surface area (Å²) in [6.07, 6.45) is 2.27. The molecule has 0 fully saturated rings. The number of amides is 1. The molecule has 1 amide bonds. The van der Waals surface area contributed by atoms with Gasteiger partial charge in [0.2, 0.25) is 0 Å². The molecule has 0 bridgehead atoms. The molecule has 1 aromatic heterocycles. The highest BCUT2D eigenvalue weighted by Gasteiger charge is 2.10. The fourth-order valence-electron chi connectivity index (χ4n) is 1.95. The molecular formula is C17H21ClN2O5. The number of methoxy groups -OCH3 is 1. The van der Waals surface area contributed by atoms with Gasteiger partial charge in [-0.05, 0) is 36.8 Å². The molecule has 0 aliphatic rings. The highest BCUT2D eigenvalue weighted by Crippen LogP contribution is 2.17. The van der Waals surface area contributed by atoms with E-state index in [0.29, 0.717) is 42.2 Å². The number of esters is 1. The Morgan fingerprint density at radius 1 is 1.24 bits per heavy atom. The monoisotopic (exact) mass is 368 g/mol. The maximum Gasteiger partial charge on any atom is 0.305 e. The zero-order chi connectivity index (χ0) is 17.4. The molecule has 3 N–H and O–H groups in total. The van der Waals surface area contributed by atoms with Gasteiger partial charge in [-0.1, -0.05) is 0 Å². The summed E-state index contributed by atoms with van der Waals surface area (Å²) in [4.78, 5) is 23.0. The van der Waals surface area contributed by atoms with Gasteiger partial charge in [-0.25, -0.2) is 0 Å². The van der Waals surface area contributed by atoms with Crippen molar-refractivity contribution in [2.75, 3.05) is 19.0 Å². The van der Waals surface area contributed by atoms with Crippen LogP contribution in [0.15, 0.2) is 41.0 Å². The summed E-state index contributed by atoms with van der Waals surface area (Å²) in [5, 5.41) is 2.76.